The SMILES string of the molecule is COc1ccc(NC(=O)N2CCN(c3ccc4c(c3)OCCO4)CC2)cc1. The second-order valence-electron chi connectivity index (χ2n) is 6.46. The van der Waals surface area contributed by atoms with Crippen molar-refractivity contribution in [1.29, 1.82) is 0 Å². The van der Waals surface area contributed by atoms with Crippen LogP contribution in [0.15, 0.2) is 42.5 Å². The Morgan fingerprint density at radius 2 is 1.67 bits per heavy atom. The van der Waals surface area contributed by atoms with Crippen LogP contribution in [0.4, 0.5) is 16.2 Å². The van der Waals surface area contributed by atoms with E-state index in [-0.39, 0.29) is 6.03 Å². The van der Waals surface area contributed by atoms with Crippen LogP contribution in [0, 0.1) is 0 Å². The maximum atomic E-state index is 12.5. The zero-order valence-corrected chi connectivity index (χ0v) is 15.3. The van der Waals surface area contributed by atoms with Crippen molar-refractivity contribution in [1.82, 2.24) is 4.90 Å². The topological polar surface area (TPSA) is 63.3 Å². The van der Waals surface area contributed by atoms with Crippen molar-refractivity contribution >= 4 is 17.4 Å². The van der Waals surface area contributed by atoms with Crippen LogP contribution in [0.2, 0.25) is 0 Å². The highest BCUT2D eigenvalue weighted by atomic mass is 16.6. The number of nitrogens with one attached hydrogen (secondary N) is 1. The normalized spacial score (nSPS) is 16.0. The fourth-order valence-corrected chi connectivity index (χ4v) is 3.27. The van der Waals surface area contributed by atoms with Crippen molar-refractivity contribution < 1.29 is 19.0 Å². The number of ether oxygens (including phenoxy) is 3. The lowest BCUT2D eigenvalue weighted by Gasteiger charge is -2.36. The zero-order valence-electron chi connectivity index (χ0n) is 15.3. The summed E-state index contributed by atoms with van der Waals surface area (Å²) in [5.41, 5.74) is 1.85. The van der Waals surface area contributed by atoms with Crippen LogP contribution in [-0.4, -0.2) is 57.4 Å². The Labute approximate surface area is 158 Å². The van der Waals surface area contributed by atoms with E-state index in [4.69, 9.17) is 14.2 Å². The quantitative estimate of drug-likeness (QED) is 0.901. The molecule has 0 atom stereocenters. The molecule has 0 aliphatic carbocycles. The summed E-state index contributed by atoms with van der Waals surface area (Å²) >= 11 is 0. The van der Waals surface area contributed by atoms with Gasteiger partial charge in [-0.15, -0.1) is 0 Å². The standard InChI is InChI=1S/C20H23N3O4/c1-25-17-5-2-15(3-6-17)21-20(24)23-10-8-22(9-11-23)16-4-7-18-19(14-16)27-13-12-26-18/h2-7,14H,8-13H2,1H3,(H,21,24). The molecular weight excluding hydrogens is 346 g/mol. The fourth-order valence-electron chi connectivity index (χ4n) is 3.27. The van der Waals surface area contributed by atoms with Crippen LogP contribution in [-0.2, 0) is 0 Å². The van der Waals surface area contributed by atoms with Gasteiger partial charge in [-0.2, -0.15) is 0 Å². The molecule has 2 aliphatic heterocycles. The smallest absolute Gasteiger partial charge is 0.321 e. The third-order valence-electron chi connectivity index (χ3n) is 4.80. The Morgan fingerprint density at radius 3 is 2.37 bits per heavy atom. The number of piperazine rings is 1. The van der Waals surface area contributed by atoms with Crippen molar-refractivity contribution in [3.63, 3.8) is 0 Å². The predicted molar refractivity (Wildman–Crippen MR) is 103 cm³/mol. The second kappa shape index (κ2) is 7.65. The summed E-state index contributed by atoms with van der Waals surface area (Å²) in [4.78, 5) is 16.6. The minimum absolute atomic E-state index is 0.0815. The molecule has 0 saturated carbocycles. The van der Waals surface area contributed by atoms with Gasteiger partial charge in [-0.3, -0.25) is 0 Å². The largest absolute Gasteiger partial charge is 0.497 e. The molecule has 0 spiro atoms. The molecule has 142 valence electrons. The first-order valence-corrected chi connectivity index (χ1v) is 9.07. The summed E-state index contributed by atoms with van der Waals surface area (Å²) in [6.45, 7) is 4.04. The van der Waals surface area contributed by atoms with Gasteiger partial charge in [0.15, 0.2) is 11.5 Å². The molecule has 2 aliphatic rings. The molecule has 2 aromatic rings. The first kappa shape index (κ1) is 17.3. The van der Waals surface area contributed by atoms with Gasteiger partial charge in [0.05, 0.1) is 7.11 Å². The predicted octanol–water partition coefficient (Wildman–Crippen LogP) is 2.82. The summed E-state index contributed by atoms with van der Waals surface area (Å²) in [6.07, 6.45) is 0. The van der Waals surface area contributed by atoms with Gasteiger partial charge < -0.3 is 29.3 Å². The number of amides is 2. The molecule has 27 heavy (non-hydrogen) atoms. The maximum absolute atomic E-state index is 12.5. The van der Waals surface area contributed by atoms with E-state index in [1.807, 2.05) is 47.4 Å². The minimum atomic E-state index is -0.0815. The minimum Gasteiger partial charge on any atom is -0.497 e. The number of anilines is 2. The maximum Gasteiger partial charge on any atom is 0.321 e. The fraction of sp³-hybridized carbons (Fsp3) is 0.350. The Bertz CT molecular complexity index is 801. The third-order valence-corrected chi connectivity index (χ3v) is 4.80. The summed E-state index contributed by atoms with van der Waals surface area (Å²) < 4.78 is 16.4. The van der Waals surface area contributed by atoms with Gasteiger partial charge in [-0.05, 0) is 36.4 Å². The molecule has 4 rings (SSSR count). The average molecular weight is 369 g/mol. The van der Waals surface area contributed by atoms with Gasteiger partial charge in [-0.25, -0.2) is 4.79 Å². The monoisotopic (exact) mass is 369 g/mol. The number of fused-ring (bicyclic) bond motifs is 1. The molecule has 0 aromatic heterocycles. The van der Waals surface area contributed by atoms with Gasteiger partial charge in [0.1, 0.15) is 19.0 Å². The third kappa shape index (κ3) is 3.86. The van der Waals surface area contributed by atoms with E-state index in [2.05, 4.69) is 10.2 Å². The summed E-state index contributed by atoms with van der Waals surface area (Å²) in [5.74, 6) is 2.35. The van der Waals surface area contributed by atoms with E-state index in [1.165, 1.54) is 0 Å². The molecule has 0 radical (unpaired) electrons. The van der Waals surface area contributed by atoms with Crippen LogP contribution < -0.4 is 24.4 Å². The van der Waals surface area contributed by atoms with E-state index in [1.54, 1.807) is 7.11 Å². The first-order valence-electron chi connectivity index (χ1n) is 9.07. The average Bonchev–Trinajstić information content (AvgIpc) is 2.74. The van der Waals surface area contributed by atoms with Crippen LogP contribution in [0.3, 0.4) is 0 Å². The summed E-state index contributed by atoms with van der Waals surface area (Å²) in [5, 5.41) is 2.93. The highest BCUT2D eigenvalue weighted by Gasteiger charge is 2.22. The van der Waals surface area contributed by atoms with Crippen LogP contribution in [0.1, 0.15) is 0 Å². The Balaban J connectivity index is 1.33. The highest BCUT2D eigenvalue weighted by Crippen LogP contribution is 2.34. The molecule has 1 N–H and O–H groups in total. The Kier molecular flexibility index (Phi) is 4.91. The van der Waals surface area contributed by atoms with E-state index < -0.39 is 0 Å². The molecule has 0 unspecified atom stereocenters. The molecule has 0 bridgehead atoms. The van der Waals surface area contributed by atoms with Gasteiger partial charge in [0.2, 0.25) is 0 Å². The number of carbonyl (C=O) groups excluding carboxylic acids is 1. The Hall–Kier alpha value is -3.09. The molecule has 2 aromatic carbocycles. The number of hydrogen-bond donors (Lipinski definition) is 1. The molecule has 1 fully saturated rings. The van der Waals surface area contributed by atoms with E-state index in [9.17, 15) is 4.79 Å². The number of methoxy groups -OCH3 is 1. The van der Waals surface area contributed by atoms with Crippen molar-refractivity contribution in [3.8, 4) is 17.2 Å². The first-order chi connectivity index (χ1) is 13.2. The lowest BCUT2D eigenvalue weighted by Crippen LogP contribution is -2.50. The van der Waals surface area contributed by atoms with Crippen LogP contribution in [0.25, 0.3) is 0 Å². The lowest BCUT2D eigenvalue weighted by atomic mass is 10.2. The molecule has 2 heterocycles. The van der Waals surface area contributed by atoms with Crippen molar-refractivity contribution in [2.45, 2.75) is 0 Å². The number of nitrogens with zero attached hydrogens (tertiary/aromatic N) is 2. The zero-order chi connectivity index (χ0) is 18.6. The van der Waals surface area contributed by atoms with Gasteiger partial charge in [0, 0.05) is 43.6 Å². The van der Waals surface area contributed by atoms with Crippen molar-refractivity contribution in [2.24, 2.45) is 0 Å². The van der Waals surface area contributed by atoms with Gasteiger partial charge >= 0.3 is 6.03 Å². The summed E-state index contributed by atoms with van der Waals surface area (Å²) in [6, 6.07) is 13.3. The van der Waals surface area contributed by atoms with Gasteiger partial charge in [0.25, 0.3) is 0 Å². The Morgan fingerprint density at radius 1 is 0.963 bits per heavy atom. The number of urea groups is 1. The number of benzene rings is 2. The second-order valence-corrected chi connectivity index (χ2v) is 6.46. The van der Waals surface area contributed by atoms with Crippen molar-refractivity contribution in [3.05, 3.63) is 42.5 Å². The molecule has 1 saturated heterocycles. The highest BCUT2D eigenvalue weighted by molar-refractivity contribution is 5.89. The molecule has 7 heteroatoms. The molecule has 2 amide bonds. The summed E-state index contributed by atoms with van der Waals surface area (Å²) in [7, 11) is 1.62. The molecular formula is C20H23N3O4. The van der Waals surface area contributed by atoms with Crippen LogP contribution in [0.5, 0.6) is 17.2 Å². The van der Waals surface area contributed by atoms with Crippen molar-refractivity contribution in [2.75, 3.05) is 56.7 Å². The van der Waals surface area contributed by atoms with E-state index in [0.717, 1.165) is 41.7 Å². The number of carbonyl (C=O) groups is 1. The molecule has 7 nitrogen and oxygen atoms in total. The number of hydrogen-bond acceptors (Lipinski definition) is 5. The van der Waals surface area contributed by atoms with Crippen LogP contribution >= 0.6 is 0 Å². The number of rotatable bonds is 3. The lowest BCUT2D eigenvalue weighted by molar-refractivity contribution is 0.171. The van der Waals surface area contributed by atoms with E-state index in [0.29, 0.717) is 26.3 Å². The van der Waals surface area contributed by atoms with E-state index >= 15 is 0 Å². The van der Waals surface area contributed by atoms with Gasteiger partial charge in [-0.1, -0.05) is 0 Å².